The molecular formula is C34H32FN3O5. The first-order valence-electron chi connectivity index (χ1n) is 13.9. The van der Waals surface area contributed by atoms with Gasteiger partial charge >= 0.3 is 0 Å². The standard InChI is InChI=1S/C34H32FN3O5/c1-6-28-33(21-7-9-22(35)10-8-21)34(40)26(19-38(28)20(2)3)29(39)15-23-11-12-24(18-37-23)43-30-13-14-36-27-17-32(42-5)31(41-4)16-25(27)30/h7-14,16-20H,6,15H2,1-5H3. The smallest absolute Gasteiger partial charge is 0.200 e. The van der Waals surface area contributed by atoms with Crippen molar-refractivity contribution in [3.63, 3.8) is 0 Å². The van der Waals surface area contributed by atoms with Gasteiger partial charge in [0.15, 0.2) is 22.7 Å². The van der Waals surface area contributed by atoms with Crippen LogP contribution in [0.5, 0.6) is 23.0 Å². The van der Waals surface area contributed by atoms with Gasteiger partial charge in [-0.25, -0.2) is 4.39 Å². The molecule has 0 atom stereocenters. The number of nitrogens with zero attached hydrogens (tertiary/aromatic N) is 3. The molecule has 5 aromatic rings. The van der Waals surface area contributed by atoms with E-state index in [-0.39, 0.29) is 29.2 Å². The lowest BCUT2D eigenvalue weighted by Gasteiger charge is -2.21. The Morgan fingerprint density at radius 1 is 0.953 bits per heavy atom. The van der Waals surface area contributed by atoms with Gasteiger partial charge in [-0.2, -0.15) is 0 Å². The van der Waals surface area contributed by atoms with E-state index in [0.29, 0.717) is 51.8 Å². The number of hydrogen-bond donors (Lipinski definition) is 0. The minimum absolute atomic E-state index is 0.00109. The minimum Gasteiger partial charge on any atom is -0.493 e. The van der Waals surface area contributed by atoms with E-state index in [9.17, 15) is 14.0 Å². The quantitative estimate of drug-likeness (QED) is 0.164. The Labute approximate surface area is 248 Å². The Morgan fingerprint density at radius 3 is 2.30 bits per heavy atom. The van der Waals surface area contributed by atoms with Crippen molar-refractivity contribution in [3.8, 4) is 34.1 Å². The second kappa shape index (κ2) is 12.4. The van der Waals surface area contributed by atoms with Crippen molar-refractivity contribution in [2.45, 2.75) is 39.7 Å². The highest BCUT2D eigenvalue weighted by Crippen LogP contribution is 2.36. The molecule has 0 fully saturated rings. The number of benzene rings is 2. The Bertz CT molecular complexity index is 1850. The zero-order valence-corrected chi connectivity index (χ0v) is 24.7. The van der Waals surface area contributed by atoms with Crippen LogP contribution in [0.3, 0.4) is 0 Å². The Morgan fingerprint density at radius 2 is 1.67 bits per heavy atom. The lowest BCUT2D eigenvalue weighted by Crippen LogP contribution is -2.25. The molecule has 3 heterocycles. The first-order chi connectivity index (χ1) is 20.7. The molecule has 43 heavy (non-hydrogen) atoms. The van der Waals surface area contributed by atoms with E-state index < -0.39 is 5.82 Å². The average Bonchev–Trinajstić information content (AvgIpc) is 3.01. The molecule has 8 nitrogen and oxygen atoms in total. The zero-order valence-electron chi connectivity index (χ0n) is 24.7. The lowest BCUT2D eigenvalue weighted by molar-refractivity contribution is 0.0990. The molecule has 0 amide bonds. The molecule has 0 radical (unpaired) electrons. The fourth-order valence-corrected chi connectivity index (χ4v) is 5.10. The van der Waals surface area contributed by atoms with Crippen LogP contribution < -0.4 is 19.6 Å². The summed E-state index contributed by atoms with van der Waals surface area (Å²) in [6, 6.07) is 14.5. The van der Waals surface area contributed by atoms with Crippen LogP contribution >= 0.6 is 0 Å². The average molecular weight is 582 g/mol. The van der Waals surface area contributed by atoms with Crippen LogP contribution in [0.4, 0.5) is 4.39 Å². The van der Waals surface area contributed by atoms with Gasteiger partial charge < -0.3 is 18.8 Å². The van der Waals surface area contributed by atoms with Gasteiger partial charge in [0.2, 0.25) is 0 Å². The number of rotatable bonds is 10. The normalized spacial score (nSPS) is 11.1. The number of ether oxygens (including phenoxy) is 3. The molecule has 3 aromatic heterocycles. The van der Waals surface area contributed by atoms with Crippen molar-refractivity contribution in [2.75, 3.05) is 14.2 Å². The number of pyridine rings is 3. The number of halogens is 1. The molecule has 2 aromatic carbocycles. The van der Waals surface area contributed by atoms with Crippen molar-refractivity contribution >= 4 is 16.7 Å². The molecule has 0 aliphatic rings. The molecule has 220 valence electrons. The van der Waals surface area contributed by atoms with Gasteiger partial charge in [0.05, 0.1) is 37.9 Å². The molecular weight excluding hydrogens is 549 g/mol. The van der Waals surface area contributed by atoms with Gasteiger partial charge in [-0.3, -0.25) is 19.6 Å². The van der Waals surface area contributed by atoms with E-state index in [0.717, 1.165) is 11.1 Å². The third-order valence-electron chi connectivity index (χ3n) is 7.24. The van der Waals surface area contributed by atoms with Crippen LogP contribution in [0.15, 0.2) is 78.0 Å². The maximum Gasteiger partial charge on any atom is 0.200 e. The summed E-state index contributed by atoms with van der Waals surface area (Å²) in [6.45, 7) is 5.94. The summed E-state index contributed by atoms with van der Waals surface area (Å²) >= 11 is 0. The summed E-state index contributed by atoms with van der Waals surface area (Å²) < 4.78 is 32.5. The Hall–Kier alpha value is -5.05. The van der Waals surface area contributed by atoms with Crippen LogP contribution in [-0.2, 0) is 12.8 Å². The van der Waals surface area contributed by atoms with E-state index >= 15 is 0 Å². The molecule has 0 N–H and O–H groups in total. The zero-order chi connectivity index (χ0) is 30.7. The number of methoxy groups -OCH3 is 2. The number of carbonyl (C=O) groups excluding carboxylic acids is 1. The Kier molecular flexibility index (Phi) is 8.52. The van der Waals surface area contributed by atoms with Crippen LogP contribution in [0.2, 0.25) is 0 Å². The highest BCUT2D eigenvalue weighted by molar-refractivity contribution is 5.98. The molecule has 0 unspecified atom stereocenters. The van der Waals surface area contributed by atoms with Gasteiger partial charge in [-0.15, -0.1) is 0 Å². The fourth-order valence-electron chi connectivity index (χ4n) is 5.10. The van der Waals surface area contributed by atoms with Crippen molar-refractivity contribution < 1.29 is 23.4 Å². The molecule has 0 aliphatic heterocycles. The second-order valence-corrected chi connectivity index (χ2v) is 10.3. The van der Waals surface area contributed by atoms with Gasteiger partial charge in [-0.1, -0.05) is 19.1 Å². The maximum atomic E-state index is 13.7. The second-order valence-electron chi connectivity index (χ2n) is 10.3. The molecule has 9 heteroatoms. The number of fused-ring (bicyclic) bond motifs is 1. The summed E-state index contributed by atoms with van der Waals surface area (Å²) in [7, 11) is 3.12. The highest BCUT2D eigenvalue weighted by atomic mass is 19.1. The van der Waals surface area contributed by atoms with Crippen LogP contribution in [0.1, 0.15) is 48.6 Å². The molecule has 0 saturated carbocycles. The summed E-state index contributed by atoms with van der Waals surface area (Å²) in [5.41, 5.74) is 2.64. The summed E-state index contributed by atoms with van der Waals surface area (Å²) in [6.07, 6.45) is 5.31. The molecule has 0 aliphatic carbocycles. The van der Waals surface area contributed by atoms with Gasteiger partial charge in [0, 0.05) is 46.8 Å². The highest BCUT2D eigenvalue weighted by Gasteiger charge is 2.22. The first-order valence-corrected chi connectivity index (χ1v) is 13.9. The summed E-state index contributed by atoms with van der Waals surface area (Å²) in [5, 5.41) is 0.730. The number of aromatic nitrogens is 3. The number of carbonyl (C=O) groups is 1. The molecule has 0 saturated heterocycles. The number of ketones is 1. The van der Waals surface area contributed by atoms with Crippen molar-refractivity contribution in [2.24, 2.45) is 0 Å². The van der Waals surface area contributed by atoms with Crippen molar-refractivity contribution in [1.82, 2.24) is 14.5 Å². The largest absolute Gasteiger partial charge is 0.493 e. The van der Waals surface area contributed by atoms with Gasteiger partial charge in [0.25, 0.3) is 0 Å². The van der Waals surface area contributed by atoms with E-state index in [2.05, 4.69) is 9.97 Å². The lowest BCUT2D eigenvalue weighted by atomic mass is 9.96. The third-order valence-corrected chi connectivity index (χ3v) is 7.24. The first kappa shape index (κ1) is 29.4. The van der Waals surface area contributed by atoms with E-state index in [1.807, 2.05) is 25.3 Å². The molecule has 0 spiro atoms. The fraction of sp³-hybridized carbons (Fsp3) is 0.235. The molecule has 5 rings (SSSR count). The maximum absolute atomic E-state index is 13.7. The predicted molar refractivity (Wildman–Crippen MR) is 163 cm³/mol. The Balaban J connectivity index is 1.43. The van der Waals surface area contributed by atoms with E-state index in [1.54, 1.807) is 69.1 Å². The number of Topliss-reactive ketones (excluding diaryl/α,β-unsaturated/α-hetero) is 1. The minimum atomic E-state index is -0.395. The third kappa shape index (κ3) is 5.97. The van der Waals surface area contributed by atoms with Crippen LogP contribution in [-0.4, -0.2) is 34.5 Å². The van der Waals surface area contributed by atoms with Gasteiger partial charge in [-0.05, 0) is 62.2 Å². The SMILES string of the molecule is CCc1c(-c2ccc(F)cc2)c(=O)c(C(=O)Cc2ccc(Oc3ccnc4cc(OC)c(OC)cc34)cn2)cn1C(C)C. The van der Waals surface area contributed by atoms with Crippen molar-refractivity contribution in [1.29, 1.82) is 0 Å². The predicted octanol–water partition coefficient (Wildman–Crippen LogP) is 6.98. The van der Waals surface area contributed by atoms with Crippen LogP contribution in [0, 0.1) is 5.82 Å². The summed E-state index contributed by atoms with van der Waals surface area (Å²) in [5.74, 6) is 1.37. The number of hydrogen-bond acceptors (Lipinski definition) is 7. The topological polar surface area (TPSA) is 92.5 Å². The van der Waals surface area contributed by atoms with Crippen molar-refractivity contribution in [3.05, 3.63) is 106 Å². The monoisotopic (exact) mass is 581 g/mol. The molecule has 0 bridgehead atoms. The van der Waals surface area contributed by atoms with Crippen LogP contribution in [0.25, 0.3) is 22.0 Å². The van der Waals surface area contributed by atoms with Gasteiger partial charge in [0.1, 0.15) is 17.3 Å². The summed E-state index contributed by atoms with van der Waals surface area (Å²) in [4.78, 5) is 36.0. The van der Waals surface area contributed by atoms with E-state index in [4.69, 9.17) is 14.2 Å². The van der Waals surface area contributed by atoms with E-state index in [1.165, 1.54) is 18.3 Å².